The number of aromatic amines is 2. The van der Waals surface area contributed by atoms with Crippen LogP contribution in [-0.2, 0) is 16.1 Å². The van der Waals surface area contributed by atoms with Crippen molar-refractivity contribution in [2.24, 2.45) is 17.8 Å². The number of nitrogens with one attached hydrogen (secondary N) is 7. The molecule has 73 heavy (non-hydrogen) atoms. The highest BCUT2D eigenvalue weighted by Gasteiger charge is 2.44. The first kappa shape index (κ1) is 49.6. The lowest BCUT2D eigenvalue weighted by atomic mass is 10.1. The standard InChI is InChI=1S/C53H62N16O2S2/c1-33(2)55-40(32-67(4)48-29-45(58-44-20-21-54-65-44)60-52(62-48)72-41-16-12-38(13-17-41)56-50(70)36-10-11-36)27-37-28-43(37)51(71)57-39-14-18-42(19-15-39)73-53-61-46(59-47-26-34(3)64-66-47)30-49(63-53)69-24-22-68(23-25-69)31-35-8-6-5-7-9-35/h5-9,12-21,26,29-30,33,36-37,40,43,55H,10-11,22-25,27-28,31-32H2,1-4H3,(H,56,70)(H,57,71)(H2,54,58,60,62,65)(H2,59,61,63,64,66)/t37?,40-,43?/m0/s1. The number of hydrogen-bond acceptors (Lipinski definition) is 16. The van der Waals surface area contributed by atoms with Gasteiger partial charge in [-0.15, -0.1) is 0 Å². The Morgan fingerprint density at radius 2 is 1.42 bits per heavy atom. The summed E-state index contributed by atoms with van der Waals surface area (Å²) in [7, 11) is 2.04. The van der Waals surface area contributed by atoms with Crippen molar-refractivity contribution in [2.45, 2.75) is 85.2 Å². The summed E-state index contributed by atoms with van der Waals surface area (Å²) in [6.45, 7) is 11.4. The summed E-state index contributed by atoms with van der Waals surface area (Å²) in [5, 5.41) is 32.3. The van der Waals surface area contributed by atoms with Crippen molar-refractivity contribution in [3.05, 3.63) is 121 Å². The highest BCUT2D eigenvalue weighted by atomic mass is 32.2. The van der Waals surface area contributed by atoms with E-state index >= 15 is 0 Å². The van der Waals surface area contributed by atoms with Crippen LogP contribution in [0.25, 0.3) is 0 Å². The Bertz CT molecular complexity index is 2940. The van der Waals surface area contributed by atoms with E-state index in [2.05, 4.69) is 106 Å². The van der Waals surface area contributed by atoms with Gasteiger partial charge in [0.05, 0.1) is 6.20 Å². The predicted molar refractivity (Wildman–Crippen MR) is 289 cm³/mol. The predicted octanol–water partition coefficient (Wildman–Crippen LogP) is 8.95. The number of amides is 2. The number of aromatic nitrogens is 8. The minimum Gasteiger partial charge on any atom is -0.358 e. The van der Waals surface area contributed by atoms with Gasteiger partial charge in [-0.2, -0.15) is 10.2 Å². The Morgan fingerprint density at radius 1 is 0.753 bits per heavy atom. The van der Waals surface area contributed by atoms with Gasteiger partial charge >= 0.3 is 0 Å². The third kappa shape index (κ3) is 13.9. The van der Waals surface area contributed by atoms with E-state index in [9.17, 15) is 9.59 Å². The molecule has 0 radical (unpaired) electrons. The van der Waals surface area contributed by atoms with Crippen molar-refractivity contribution < 1.29 is 9.59 Å². The summed E-state index contributed by atoms with van der Waals surface area (Å²) in [6, 6.07) is 34.4. The Kier molecular flexibility index (Phi) is 15.5. The minimum atomic E-state index is -0.0722. The molecule has 1 aliphatic heterocycles. The lowest BCUT2D eigenvalue weighted by Crippen LogP contribution is -2.46. The molecule has 3 fully saturated rings. The second kappa shape index (κ2) is 22.8. The molecule has 2 unspecified atom stereocenters. The van der Waals surface area contributed by atoms with Gasteiger partial charge in [-0.05, 0) is 116 Å². The molecular weight excluding hydrogens is 957 g/mol. The molecule has 3 aromatic carbocycles. The maximum atomic E-state index is 13.7. The van der Waals surface area contributed by atoms with Gasteiger partial charge in [-0.1, -0.05) is 44.2 Å². The molecule has 2 saturated carbocycles. The molecule has 7 N–H and O–H groups in total. The molecule has 3 aliphatic rings. The highest BCUT2D eigenvalue weighted by Crippen LogP contribution is 2.43. The molecule has 2 amide bonds. The summed E-state index contributed by atoms with van der Waals surface area (Å²) < 4.78 is 0. The average molecular weight is 1020 g/mol. The molecule has 0 spiro atoms. The van der Waals surface area contributed by atoms with Crippen LogP contribution in [0.3, 0.4) is 0 Å². The van der Waals surface area contributed by atoms with Gasteiger partial charge in [0, 0.05) is 121 Å². The number of H-pyrrole nitrogens is 2. The summed E-state index contributed by atoms with van der Waals surface area (Å²) in [5.74, 6) is 4.76. The van der Waals surface area contributed by atoms with Crippen molar-refractivity contribution in [1.29, 1.82) is 0 Å². The van der Waals surface area contributed by atoms with Crippen molar-refractivity contribution in [3.8, 4) is 0 Å². The monoisotopic (exact) mass is 1020 g/mol. The Hall–Kier alpha value is -7.00. The lowest BCUT2D eigenvalue weighted by molar-refractivity contribution is -0.118. The molecule has 3 atom stereocenters. The van der Waals surface area contributed by atoms with Crippen molar-refractivity contribution in [3.63, 3.8) is 0 Å². The number of carbonyl (C=O) groups is 2. The molecule has 1 saturated heterocycles. The van der Waals surface area contributed by atoms with Gasteiger partial charge in [-0.25, -0.2) is 19.9 Å². The minimum absolute atomic E-state index is 0.0385. The zero-order chi connectivity index (χ0) is 50.3. The highest BCUT2D eigenvalue weighted by molar-refractivity contribution is 7.99. The zero-order valence-corrected chi connectivity index (χ0v) is 43.1. The Labute approximate surface area is 434 Å². The van der Waals surface area contributed by atoms with Crippen LogP contribution < -0.4 is 36.4 Å². The van der Waals surface area contributed by atoms with E-state index in [1.165, 1.54) is 29.1 Å². The molecule has 20 heteroatoms. The van der Waals surface area contributed by atoms with Gasteiger partial charge in [0.25, 0.3) is 0 Å². The number of anilines is 8. The van der Waals surface area contributed by atoms with Crippen molar-refractivity contribution in [2.75, 3.05) is 70.8 Å². The second-order valence-electron chi connectivity index (χ2n) is 19.4. The molecule has 7 aromatic rings. The van der Waals surface area contributed by atoms with Crippen LogP contribution in [0.2, 0.25) is 0 Å². The molecule has 0 bridgehead atoms. The fourth-order valence-corrected chi connectivity index (χ4v) is 10.5. The zero-order valence-electron chi connectivity index (χ0n) is 41.5. The topological polar surface area (TPSA) is 213 Å². The number of nitrogens with zero attached hydrogens (tertiary/aromatic N) is 9. The SMILES string of the molecule is Cc1cc(Nc2cc(N3CCN(Cc4ccccc4)CC3)nc(Sc3ccc(NC(=O)C4CC4C[C@@H](CN(C)c4cc(Nc5ccn[nH]5)nc(Sc5ccc(NC(=O)C6CC6)cc5)n4)NC(C)C)cc3)n2)n[nH]1. The van der Waals surface area contributed by atoms with Crippen LogP contribution in [0.4, 0.5) is 46.3 Å². The lowest BCUT2D eigenvalue weighted by Gasteiger charge is -2.35. The van der Waals surface area contributed by atoms with Crippen LogP contribution in [0.15, 0.2) is 129 Å². The first-order valence-corrected chi connectivity index (χ1v) is 26.6. The summed E-state index contributed by atoms with van der Waals surface area (Å²) in [4.78, 5) is 54.6. The summed E-state index contributed by atoms with van der Waals surface area (Å²) in [5.41, 5.74) is 3.81. The van der Waals surface area contributed by atoms with Crippen LogP contribution in [-0.4, -0.2) is 109 Å². The summed E-state index contributed by atoms with van der Waals surface area (Å²) in [6.07, 6.45) is 5.27. The Balaban J connectivity index is 0.752. The van der Waals surface area contributed by atoms with Crippen LogP contribution in [0.1, 0.15) is 50.8 Å². The fourth-order valence-electron chi connectivity index (χ4n) is 8.99. The Morgan fingerprint density at radius 3 is 2.05 bits per heavy atom. The van der Waals surface area contributed by atoms with Gasteiger partial charge < -0.3 is 36.4 Å². The maximum absolute atomic E-state index is 13.7. The van der Waals surface area contributed by atoms with E-state index in [4.69, 9.17) is 19.9 Å². The van der Waals surface area contributed by atoms with E-state index in [-0.39, 0.29) is 41.7 Å². The smallest absolute Gasteiger partial charge is 0.227 e. The second-order valence-corrected chi connectivity index (χ2v) is 21.5. The van der Waals surface area contributed by atoms with Gasteiger partial charge in [0.2, 0.25) is 11.8 Å². The molecule has 5 heterocycles. The average Bonchev–Trinajstić information content (AvgIpc) is 4.28. The number of hydrogen-bond donors (Lipinski definition) is 7. The van der Waals surface area contributed by atoms with Crippen molar-refractivity contribution in [1.82, 2.24) is 50.5 Å². The van der Waals surface area contributed by atoms with E-state index in [0.717, 1.165) is 96.9 Å². The van der Waals surface area contributed by atoms with E-state index in [0.29, 0.717) is 40.1 Å². The normalized spacial score (nSPS) is 17.0. The van der Waals surface area contributed by atoms with Crippen molar-refractivity contribution >= 4 is 81.6 Å². The number of aryl methyl sites for hydroxylation is 1. The van der Waals surface area contributed by atoms with Gasteiger partial charge in [0.1, 0.15) is 29.1 Å². The quantitative estimate of drug-likeness (QED) is 0.0316. The molecule has 2 aliphatic carbocycles. The van der Waals surface area contributed by atoms with Gasteiger partial charge in [-0.3, -0.25) is 24.7 Å². The molecular formula is C53H62N16O2S2. The number of piperazine rings is 1. The van der Waals surface area contributed by atoms with E-state index < -0.39 is 0 Å². The first-order chi connectivity index (χ1) is 35.5. The molecule has 18 nitrogen and oxygen atoms in total. The molecule has 4 aromatic heterocycles. The largest absolute Gasteiger partial charge is 0.358 e. The van der Waals surface area contributed by atoms with E-state index in [1.54, 1.807) is 6.20 Å². The fraction of sp³-hybridized carbons (Fsp3) is 0.358. The molecule has 10 rings (SSSR count). The first-order valence-electron chi connectivity index (χ1n) is 25.0. The number of benzene rings is 3. The van der Waals surface area contributed by atoms with Gasteiger partial charge in [0.15, 0.2) is 16.1 Å². The third-order valence-corrected chi connectivity index (χ3v) is 14.7. The maximum Gasteiger partial charge on any atom is 0.227 e. The van der Waals surface area contributed by atoms with Crippen LogP contribution >= 0.6 is 23.5 Å². The van der Waals surface area contributed by atoms with Crippen LogP contribution in [0, 0.1) is 24.7 Å². The molecule has 378 valence electrons. The number of likely N-dealkylation sites (N-methyl/N-ethyl adjacent to an activating group) is 1. The summed E-state index contributed by atoms with van der Waals surface area (Å²) >= 11 is 2.94. The number of rotatable bonds is 22. The van der Waals surface area contributed by atoms with E-state index in [1.807, 2.05) is 86.8 Å². The van der Waals surface area contributed by atoms with Crippen LogP contribution in [0.5, 0.6) is 0 Å². The third-order valence-electron chi connectivity index (χ3n) is 13.0. The number of carbonyl (C=O) groups excluding carboxylic acids is 2.